The third-order valence-corrected chi connectivity index (χ3v) is 0. The molecule has 0 aliphatic carbocycles. The molecule has 0 amide bonds. The molecule has 0 radical (unpaired) electrons. The average molecular weight is 1920 g/mol. The van der Waals surface area contributed by atoms with Crippen LogP contribution in [-0.4, -0.2) is 65.7 Å². The Labute approximate surface area is 556 Å². The van der Waals surface area contributed by atoms with Gasteiger partial charge in [-0.2, -0.15) is 7.82 Å². The van der Waals surface area contributed by atoms with E-state index in [0.29, 0.717) is 0 Å². The normalized spacial score (nSPS) is 1.05. The van der Waals surface area contributed by atoms with Crippen molar-refractivity contribution < 1.29 is 558 Å². The van der Waals surface area contributed by atoms with Gasteiger partial charge in [0.15, 0.2) is 0 Å². The van der Waals surface area contributed by atoms with Crippen LogP contribution in [0.2, 0.25) is 0 Å². The van der Waals surface area contributed by atoms with Crippen LogP contribution in [0.15, 0.2) is 0 Å². The topological polar surface area (TPSA) is 1150 Å². The summed E-state index contributed by atoms with van der Waals surface area (Å²) in [6.45, 7) is 0. The molecule has 0 aromatic rings. The van der Waals surface area contributed by atoms with Crippen LogP contribution >= 0.6 is 7.82 Å². The van der Waals surface area contributed by atoms with E-state index in [2.05, 4.69) is 0 Å². The van der Waals surface area contributed by atoms with Crippen molar-refractivity contribution in [3.05, 3.63) is 0 Å². The molecule has 0 heterocycles. The van der Waals surface area contributed by atoms with Crippen molar-refractivity contribution in [3.8, 4) is 0 Å². The first-order chi connectivity index (χ1) is 2.00. The van der Waals surface area contributed by atoms with E-state index in [1.54, 1.807) is 0 Å². The molecule has 0 aliphatic rings. The van der Waals surface area contributed by atoms with Crippen molar-refractivity contribution >= 4 is 7.82 Å². The van der Waals surface area contributed by atoms with Gasteiger partial charge in [-0.1, -0.05) is 0 Å². The maximum Gasteiger partial charge on any atom is 4.00 e. The minimum atomic E-state index is -5.39. The van der Waals surface area contributed by atoms with Crippen LogP contribution in [0.4, 0.5) is 0 Å². The van der Waals surface area contributed by atoms with E-state index in [0.717, 1.165) is 0 Å². The van der Waals surface area contributed by atoms with Crippen LogP contribution in [0.5, 0.6) is 0 Å². The molecule has 0 bridgehead atoms. The fourth-order valence-electron chi connectivity index (χ4n) is 0. The number of phosphoric acid groups is 1. The molecular weight excluding hydrogens is 1890 g/mol. The quantitative estimate of drug-likeness (QED) is 0.168. The van der Waals surface area contributed by atoms with Crippen molar-refractivity contribution in [2.24, 2.45) is 0 Å². The molecule has 40 nitrogen and oxygen atoms in total. The molecule has 56 heavy (non-hydrogen) atoms. The summed E-state index contributed by atoms with van der Waals surface area (Å²) in [6.07, 6.45) is 0. The first kappa shape index (κ1) is 1430. The van der Waals surface area contributed by atoms with Gasteiger partial charge >= 0.3 is 341 Å². The summed E-state index contributed by atoms with van der Waals surface area (Å²) in [5.74, 6) is 0. The van der Waals surface area contributed by atoms with Crippen molar-refractivity contribution in [1.29, 1.82) is 0 Å². The maximum atomic E-state index is 8.55. The Kier molecular flexibility index (Phi) is 26800. The molecule has 0 aromatic carbocycles. The van der Waals surface area contributed by atoms with Gasteiger partial charge in [-0.05, 0) is 0 Å². The van der Waals surface area contributed by atoms with E-state index in [1.165, 1.54) is 0 Å². The van der Waals surface area contributed by atoms with E-state index in [9.17, 15) is 0 Å². The monoisotopic (exact) mass is 1940 g/mol. The Morgan fingerprint density at radius 1 is 0.179 bits per heavy atom. The summed E-state index contributed by atoms with van der Waals surface area (Å²) in [6, 6.07) is 0. The molecule has 0 rings (SSSR count). The van der Waals surface area contributed by atoms with Crippen LogP contribution in [0.1, 0.15) is 0 Å². The zero-order valence-electron chi connectivity index (χ0n) is 25.8. The molecule has 0 unspecified atom stereocenters. The SMILES string of the molecule is O.O.O.O.O.O.O.O.O.O.O.O.O=P([O-])([O-])[O-].[Mo+4].[Mo+4].[Mo+4].[Mo+4].[Mo+4].[Mo+4].[Mo+4].[Mo+4].[Mo+4].[Mo+4].[Mo+4].[Mo+4].[Na+].[Na+].[Na+].[O-2].[O-2].[O-2].[O-2].[O-2].[O-2].[O-2].[O-2].[O-2].[O-2].[O-2].[O-2].[O-2].[O-2].[O-2].[O-2].[O-2].[O-2].[O-2].[O-2].[O-2].[O-2].[O-2].[O-2]. The molecule has 0 saturated heterocycles. The Bertz CT molecular complexity index is 111. The first-order valence-corrected chi connectivity index (χ1v) is 2.19. The molecular formula is H24Mo12Na3O40P. The van der Waals surface area contributed by atoms with E-state index >= 15 is 0 Å². The van der Waals surface area contributed by atoms with Crippen molar-refractivity contribution in [2.45, 2.75) is 0 Å². The number of hydrogen-bond donors (Lipinski definition) is 0. The Morgan fingerprint density at radius 2 is 0.179 bits per heavy atom. The van der Waals surface area contributed by atoms with Crippen LogP contribution in [0.25, 0.3) is 0 Å². The van der Waals surface area contributed by atoms with Crippen molar-refractivity contribution in [2.75, 3.05) is 0 Å². The van der Waals surface area contributed by atoms with Gasteiger partial charge in [-0.15, -0.1) is 0 Å². The Balaban J connectivity index is -0.0000000000627. The summed E-state index contributed by atoms with van der Waals surface area (Å²) in [7, 11) is -5.39. The molecule has 0 fully saturated rings. The summed E-state index contributed by atoms with van der Waals surface area (Å²) < 4.78 is 8.55. The molecule has 0 aliphatic heterocycles. The van der Waals surface area contributed by atoms with Gasteiger partial charge in [0, 0.05) is 0 Å². The Morgan fingerprint density at radius 3 is 0.179 bits per heavy atom. The molecule has 0 saturated carbocycles. The molecule has 344 valence electrons. The smallest absolute Gasteiger partial charge is 2.00 e. The van der Waals surface area contributed by atoms with E-state index in [-0.39, 0.29) is 539 Å². The number of hydrogen-bond acceptors (Lipinski definition) is 4. The van der Waals surface area contributed by atoms with E-state index in [4.69, 9.17) is 19.2 Å². The van der Waals surface area contributed by atoms with E-state index < -0.39 is 7.82 Å². The second kappa shape index (κ2) is 1050. The molecule has 56 heteroatoms. The third kappa shape index (κ3) is 2570. The minimum absolute atomic E-state index is 0. The largest absolute Gasteiger partial charge is 4.00 e. The standard InChI is InChI=1S/12Mo.3Na.H3O4P.12H2O.24O/c;;;;;;;;;;;;;;;1-5(2,3)4;;;;;;;;;;;;;;;;;;;;;;;;;;;;;;;;;;;;/h;;;;;;;;;;;;;;;(H3,1,2,3,4);12*1H2;;;;;;;;;;;;;;;;;;;;;;;;/q12*+4;3*+1;;;;;;;;;;;;;;24*-2/p-3. The van der Waals surface area contributed by atoms with Gasteiger partial charge in [0.25, 0.3) is 0 Å². The third-order valence-electron chi connectivity index (χ3n) is 0. The predicted octanol–water partition coefficient (Wildman–Crippen LogP) is -24.6. The summed E-state index contributed by atoms with van der Waals surface area (Å²) in [4.78, 5) is 25.6. The summed E-state index contributed by atoms with van der Waals surface area (Å²) in [5.41, 5.74) is 0. The minimum Gasteiger partial charge on any atom is -2.00 e. The molecule has 0 spiro atoms. The van der Waals surface area contributed by atoms with Crippen molar-refractivity contribution in [3.63, 3.8) is 0 Å². The molecule has 0 atom stereocenters. The van der Waals surface area contributed by atoms with Gasteiger partial charge in [0.05, 0.1) is 0 Å². The molecule has 24 N–H and O–H groups in total. The second-order valence-corrected chi connectivity index (χ2v) is 1.34. The van der Waals surface area contributed by atoms with E-state index in [1.807, 2.05) is 0 Å². The first-order valence-electron chi connectivity index (χ1n) is 0.730. The van der Waals surface area contributed by atoms with Gasteiger partial charge in [0.1, 0.15) is 0 Å². The van der Waals surface area contributed by atoms with Gasteiger partial charge in [-0.25, -0.2) is 0 Å². The summed E-state index contributed by atoms with van der Waals surface area (Å²) >= 11 is 0. The zero-order chi connectivity index (χ0) is 4.50. The van der Waals surface area contributed by atoms with Crippen molar-refractivity contribution in [1.82, 2.24) is 0 Å². The molecule has 0 aromatic heterocycles. The Hall–Kier alpha value is 9.93. The fraction of sp³-hybridized carbons (Fsp3) is 0. The number of rotatable bonds is 0. The summed E-state index contributed by atoms with van der Waals surface area (Å²) in [5, 5.41) is 0. The van der Waals surface area contributed by atoms with Gasteiger partial charge in [0.2, 0.25) is 0 Å². The fourth-order valence-corrected chi connectivity index (χ4v) is 0. The van der Waals surface area contributed by atoms with Crippen LogP contribution in [0, 0.1) is 0 Å². The van der Waals surface area contributed by atoms with Crippen LogP contribution in [0.3, 0.4) is 0 Å². The zero-order valence-corrected chi connectivity index (χ0v) is 56.8. The van der Waals surface area contributed by atoms with Gasteiger partial charge in [-0.3, -0.25) is 0 Å². The van der Waals surface area contributed by atoms with Crippen LogP contribution < -0.4 is 103 Å². The second-order valence-electron chi connectivity index (χ2n) is 0.447. The van der Waals surface area contributed by atoms with Crippen LogP contribution in [-0.2, 0) is 389 Å². The van der Waals surface area contributed by atoms with Gasteiger partial charge < -0.3 is 216 Å². The average Bonchev–Trinajstić information content (AvgIpc) is 0.722. The maximum absolute atomic E-state index is 8.55. The predicted molar refractivity (Wildman–Crippen MR) is 67.4 cm³/mol.